The number of benzene rings is 1. The van der Waals surface area contributed by atoms with Gasteiger partial charge in [0.05, 0.1) is 3.57 Å². The second kappa shape index (κ2) is 5.34. The molecule has 2 N–H and O–H groups in total. The molecular formula is C11H14INO2. The van der Waals surface area contributed by atoms with Crippen LogP contribution in [0.4, 0.5) is 0 Å². The number of aromatic hydroxyl groups is 1. The third-order valence-corrected chi connectivity index (χ3v) is 3.11. The number of nitrogens with one attached hydrogen (secondary N) is 1. The van der Waals surface area contributed by atoms with Gasteiger partial charge in [-0.3, -0.25) is 4.79 Å². The second-order valence-electron chi connectivity index (χ2n) is 3.45. The molecule has 1 aromatic rings. The number of amides is 1. The molecule has 1 rings (SSSR count). The van der Waals surface area contributed by atoms with Crippen molar-refractivity contribution < 1.29 is 9.90 Å². The van der Waals surface area contributed by atoms with Gasteiger partial charge in [0.1, 0.15) is 5.75 Å². The number of hydrogen-bond acceptors (Lipinski definition) is 2. The highest BCUT2D eigenvalue weighted by Crippen LogP contribution is 2.20. The van der Waals surface area contributed by atoms with Crippen molar-refractivity contribution in [2.45, 2.75) is 26.3 Å². The predicted octanol–water partition coefficient (Wildman–Crippen LogP) is 2.53. The monoisotopic (exact) mass is 319 g/mol. The average Bonchev–Trinajstić information content (AvgIpc) is 2.21. The lowest BCUT2D eigenvalue weighted by molar-refractivity contribution is 0.0939. The minimum Gasteiger partial charge on any atom is -0.507 e. The molecule has 0 spiro atoms. The first-order chi connectivity index (χ1) is 7.04. The van der Waals surface area contributed by atoms with Crippen LogP contribution in [-0.4, -0.2) is 17.1 Å². The standard InChI is InChI=1S/C11H14INO2/c1-3-7(2)13-11(15)8-4-5-9(12)10(14)6-8/h4-7,14H,3H2,1-2H3,(H,13,15). The maximum atomic E-state index is 11.7. The molecule has 0 saturated heterocycles. The summed E-state index contributed by atoms with van der Waals surface area (Å²) in [6, 6.07) is 5.07. The van der Waals surface area contributed by atoms with Gasteiger partial charge in [-0.25, -0.2) is 0 Å². The van der Waals surface area contributed by atoms with E-state index in [0.717, 1.165) is 9.99 Å². The second-order valence-corrected chi connectivity index (χ2v) is 4.61. The number of rotatable bonds is 3. The fourth-order valence-corrected chi connectivity index (χ4v) is 1.40. The summed E-state index contributed by atoms with van der Waals surface area (Å²) < 4.78 is 0.743. The van der Waals surface area contributed by atoms with Gasteiger partial charge in [-0.1, -0.05) is 6.92 Å². The van der Waals surface area contributed by atoms with Crippen LogP contribution in [0.25, 0.3) is 0 Å². The summed E-state index contributed by atoms with van der Waals surface area (Å²) in [4.78, 5) is 11.7. The maximum Gasteiger partial charge on any atom is 0.251 e. The van der Waals surface area contributed by atoms with E-state index in [-0.39, 0.29) is 17.7 Å². The summed E-state index contributed by atoms with van der Waals surface area (Å²) >= 11 is 2.02. The van der Waals surface area contributed by atoms with E-state index in [1.54, 1.807) is 12.1 Å². The maximum absolute atomic E-state index is 11.7. The molecule has 0 saturated carbocycles. The van der Waals surface area contributed by atoms with Gasteiger partial charge in [0.15, 0.2) is 0 Å². The summed E-state index contributed by atoms with van der Waals surface area (Å²) in [5.74, 6) is 0.00320. The van der Waals surface area contributed by atoms with Gasteiger partial charge >= 0.3 is 0 Å². The summed E-state index contributed by atoms with van der Waals surface area (Å²) in [7, 11) is 0. The van der Waals surface area contributed by atoms with Gasteiger partial charge in [0.2, 0.25) is 0 Å². The van der Waals surface area contributed by atoms with E-state index in [4.69, 9.17) is 0 Å². The molecule has 82 valence electrons. The van der Waals surface area contributed by atoms with Crippen molar-refractivity contribution in [3.05, 3.63) is 27.3 Å². The zero-order valence-corrected chi connectivity index (χ0v) is 10.9. The predicted molar refractivity (Wildman–Crippen MR) is 68.0 cm³/mol. The van der Waals surface area contributed by atoms with Crippen molar-refractivity contribution in [1.82, 2.24) is 5.32 Å². The lowest BCUT2D eigenvalue weighted by atomic mass is 10.2. The highest BCUT2D eigenvalue weighted by molar-refractivity contribution is 14.1. The molecule has 4 heteroatoms. The number of hydrogen-bond donors (Lipinski definition) is 2. The number of phenolic OH excluding ortho intramolecular Hbond substituents is 1. The summed E-state index contributed by atoms with van der Waals surface area (Å²) in [5, 5.41) is 12.3. The Labute approximate surface area is 103 Å². The molecule has 0 aliphatic heterocycles. The van der Waals surface area contributed by atoms with Gasteiger partial charge in [-0.2, -0.15) is 0 Å². The van der Waals surface area contributed by atoms with Crippen LogP contribution in [0.2, 0.25) is 0 Å². The van der Waals surface area contributed by atoms with E-state index in [0.29, 0.717) is 5.56 Å². The summed E-state index contributed by atoms with van der Waals surface area (Å²) in [6.45, 7) is 3.96. The van der Waals surface area contributed by atoms with Crippen molar-refractivity contribution in [2.24, 2.45) is 0 Å². The zero-order chi connectivity index (χ0) is 11.4. The zero-order valence-electron chi connectivity index (χ0n) is 8.75. The Hall–Kier alpha value is -0.780. The van der Waals surface area contributed by atoms with Gasteiger partial charge < -0.3 is 10.4 Å². The smallest absolute Gasteiger partial charge is 0.251 e. The SMILES string of the molecule is CCC(C)NC(=O)c1ccc(I)c(O)c1. The Morgan fingerprint density at radius 2 is 2.27 bits per heavy atom. The van der Waals surface area contributed by atoms with E-state index in [9.17, 15) is 9.90 Å². The fourth-order valence-electron chi connectivity index (χ4n) is 1.06. The summed E-state index contributed by atoms with van der Waals surface area (Å²) in [6.07, 6.45) is 0.891. The Kier molecular flexibility index (Phi) is 4.38. The minimum absolute atomic E-state index is 0.143. The molecule has 1 amide bonds. The van der Waals surface area contributed by atoms with Crippen LogP contribution in [0.1, 0.15) is 30.6 Å². The van der Waals surface area contributed by atoms with Crippen LogP contribution >= 0.6 is 22.6 Å². The highest BCUT2D eigenvalue weighted by atomic mass is 127. The number of phenols is 1. The van der Waals surface area contributed by atoms with Crippen LogP contribution in [-0.2, 0) is 0 Å². The first-order valence-corrected chi connectivity index (χ1v) is 5.91. The average molecular weight is 319 g/mol. The van der Waals surface area contributed by atoms with Crippen molar-refractivity contribution in [3.63, 3.8) is 0 Å². The van der Waals surface area contributed by atoms with E-state index >= 15 is 0 Å². The molecule has 0 radical (unpaired) electrons. The molecule has 15 heavy (non-hydrogen) atoms. The van der Waals surface area contributed by atoms with Gasteiger partial charge in [0, 0.05) is 11.6 Å². The van der Waals surface area contributed by atoms with E-state index in [1.165, 1.54) is 6.07 Å². The van der Waals surface area contributed by atoms with Gasteiger partial charge in [-0.05, 0) is 54.1 Å². The molecule has 1 atom stereocenters. The molecule has 1 aromatic carbocycles. The summed E-state index contributed by atoms with van der Waals surface area (Å²) in [5.41, 5.74) is 0.494. The molecule has 1 unspecified atom stereocenters. The molecule has 0 aliphatic rings. The first-order valence-electron chi connectivity index (χ1n) is 4.84. The third kappa shape index (κ3) is 3.37. The van der Waals surface area contributed by atoms with Gasteiger partial charge in [-0.15, -0.1) is 0 Å². The molecule has 0 bridgehead atoms. The van der Waals surface area contributed by atoms with Crippen LogP contribution in [0.15, 0.2) is 18.2 Å². The van der Waals surface area contributed by atoms with Crippen LogP contribution in [0.3, 0.4) is 0 Å². The normalized spacial score (nSPS) is 12.2. The lowest BCUT2D eigenvalue weighted by Gasteiger charge is -2.11. The van der Waals surface area contributed by atoms with Crippen molar-refractivity contribution in [1.29, 1.82) is 0 Å². The third-order valence-electron chi connectivity index (χ3n) is 2.20. The Morgan fingerprint density at radius 3 is 2.80 bits per heavy atom. The number of halogens is 1. The van der Waals surface area contributed by atoms with Crippen LogP contribution < -0.4 is 5.32 Å². The number of carbonyl (C=O) groups is 1. The minimum atomic E-state index is -0.143. The molecular weight excluding hydrogens is 305 g/mol. The molecule has 0 heterocycles. The van der Waals surface area contributed by atoms with Gasteiger partial charge in [0.25, 0.3) is 5.91 Å². The quantitative estimate of drug-likeness (QED) is 0.841. The van der Waals surface area contributed by atoms with E-state index < -0.39 is 0 Å². The number of carbonyl (C=O) groups excluding carboxylic acids is 1. The largest absolute Gasteiger partial charge is 0.507 e. The molecule has 0 fully saturated rings. The van der Waals surface area contributed by atoms with E-state index in [2.05, 4.69) is 5.32 Å². The van der Waals surface area contributed by atoms with Crippen LogP contribution in [0.5, 0.6) is 5.75 Å². The van der Waals surface area contributed by atoms with Crippen molar-refractivity contribution in [2.75, 3.05) is 0 Å². The van der Waals surface area contributed by atoms with Crippen molar-refractivity contribution >= 4 is 28.5 Å². The highest BCUT2D eigenvalue weighted by Gasteiger charge is 2.09. The van der Waals surface area contributed by atoms with Crippen LogP contribution in [0, 0.1) is 3.57 Å². The molecule has 0 aliphatic carbocycles. The van der Waals surface area contributed by atoms with E-state index in [1.807, 2.05) is 36.4 Å². The lowest BCUT2D eigenvalue weighted by Crippen LogP contribution is -2.31. The molecule has 0 aromatic heterocycles. The molecule has 3 nitrogen and oxygen atoms in total. The first kappa shape index (κ1) is 12.3. The van der Waals surface area contributed by atoms with Crippen molar-refractivity contribution in [3.8, 4) is 5.75 Å². The Bertz CT molecular complexity index is 366. The topological polar surface area (TPSA) is 49.3 Å². The Morgan fingerprint density at radius 1 is 1.60 bits per heavy atom. The Balaban J connectivity index is 2.78. The fraction of sp³-hybridized carbons (Fsp3) is 0.364.